The van der Waals surface area contributed by atoms with Gasteiger partial charge in [0.1, 0.15) is 5.78 Å². The summed E-state index contributed by atoms with van der Waals surface area (Å²) >= 11 is 0. The van der Waals surface area contributed by atoms with Crippen LogP contribution in [0.1, 0.15) is 26.2 Å². The quantitative estimate of drug-likeness (QED) is 0.905. The first kappa shape index (κ1) is 17.5. The van der Waals surface area contributed by atoms with Crippen LogP contribution in [0.15, 0.2) is 30.3 Å². The number of Topliss-reactive ketones (excluding diaryl/α,β-unsaturated/α-hetero) is 1. The van der Waals surface area contributed by atoms with Crippen molar-refractivity contribution in [2.24, 2.45) is 11.3 Å². The molecule has 0 unspecified atom stereocenters. The Kier molecular flexibility index (Phi) is 4.79. The summed E-state index contributed by atoms with van der Waals surface area (Å²) in [6, 6.07) is 10.0. The van der Waals surface area contributed by atoms with Crippen LogP contribution in [0.4, 0.5) is 5.69 Å². The highest BCUT2D eigenvalue weighted by Crippen LogP contribution is 2.41. The van der Waals surface area contributed by atoms with Crippen LogP contribution in [0.5, 0.6) is 0 Å². The van der Waals surface area contributed by atoms with E-state index in [4.69, 9.17) is 0 Å². The normalized spacial score (nSPS) is 27.2. The Morgan fingerprint density at radius 3 is 2.36 bits per heavy atom. The Morgan fingerprint density at radius 2 is 1.76 bits per heavy atom. The number of carbonyl (C=O) groups is 3. The van der Waals surface area contributed by atoms with Crippen molar-refractivity contribution < 1.29 is 19.5 Å². The van der Waals surface area contributed by atoms with Crippen molar-refractivity contribution in [2.75, 3.05) is 31.1 Å². The highest BCUT2D eigenvalue weighted by molar-refractivity contribution is 5.94. The van der Waals surface area contributed by atoms with Gasteiger partial charge < -0.3 is 14.9 Å². The fourth-order valence-corrected chi connectivity index (χ4v) is 3.91. The molecule has 1 aromatic rings. The highest BCUT2D eigenvalue weighted by atomic mass is 16.4. The number of piperazine rings is 1. The van der Waals surface area contributed by atoms with Crippen molar-refractivity contribution in [2.45, 2.75) is 26.2 Å². The summed E-state index contributed by atoms with van der Waals surface area (Å²) in [5, 5.41) is 9.59. The molecule has 0 bridgehead atoms. The van der Waals surface area contributed by atoms with E-state index >= 15 is 0 Å². The molecule has 2 fully saturated rings. The fourth-order valence-electron chi connectivity index (χ4n) is 3.91. The van der Waals surface area contributed by atoms with Gasteiger partial charge in [0, 0.05) is 44.7 Å². The lowest BCUT2D eigenvalue weighted by atomic mass is 9.66. The molecule has 6 nitrogen and oxygen atoms in total. The van der Waals surface area contributed by atoms with Gasteiger partial charge in [-0.1, -0.05) is 18.2 Å². The van der Waals surface area contributed by atoms with Crippen LogP contribution < -0.4 is 4.90 Å². The summed E-state index contributed by atoms with van der Waals surface area (Å²) in [6.45, 7) is 4.15. The Morgan fingerprint density at radius 1 is 1.12 bits per heavy atom. The summed E-state index contributed by atoms with van der Waals surface area (Å²) in [5.74, 6) is -1.86. The van der Waals surface area contributed by atoms with Gasteiger partial charge in [0.2, 0.25) is 5.91 Å². The average molecular weight is 344 g/mol. The van der Waals surface area contributed by atoms with Gasteiger partial charge in [-0.15, -0.1) is 0 Å². The van der Waals surface area contributed by atoms with Gasteiger partial charge in [-0.25, -0.2) is 0 Å². The van der Waals surface area contributed by atoms with Crippen LogP contribution in [0.25, 0.3) is 0 Å². The molecule has 0 radical (unpaired) electrons. The van der Waals surface area contributed by atoms with E-state index in [-0.39, 0.29) is 18.1 Å². The number of carboxylic acids is 1. The highest BCUT2D eigenvalue weighted by Gasteiger charge is 2.50. The van der Waals surface area contributed by atoms with Crippen LogP contribution in [-0.4, -0.2) is 53.8 Å². The number of ketones is 1. The lowest BCUT2D eigenvalue weighted by molar-refractivity contribution is -0.163. The third-order valence-electron chi connectivity index (χ3n) is 5.54. The molecule has 1 saturated heterocycles. The van der Waals surface area contributed by atoms with Crippen molar-refractivity contribution in [1.82, 2.24) is 4.90 Å². The van der Waals surface area contributed by atoms with E-state index in [1.54, 1.807) is 4.90 Å². The number of carboxylic acid groups (broad SMARTS) is 1. The van der Waals surface area contributed by atoms with E-state index in [2.05, 4.69) is 4.90 Å². The van der Waals surface area contributed by atoms with E-state index in [0.29, 0.717) is 25.9 Å². The monoisotopic (exact) mass is 344 g/mol. The maximum absolute atomic E-state index is 13.0. The van der Waals surface area contributed by atoms with Crippen molar-refractivity contribution in [3.8, 4) is 0 Å². The number of carbonyl (C=O) groups excluding carboxylic acids is 2. The summed E-state index contributed by atoms with van der Waals surface area (Å²) in [5.41, 5.74) is -0.156. The molecule has 2 aliphatic rings. The van der Waals surface area contributed by atoms with E-state index in [9.17, 15) is 19.5 Å². The number of amides is 1. The number of anilines is 1. The van der Waals surface area contributed by atoms with E-state index in [1.165, 1.54) is 6.92 Å². The molecule has 0 spiro atoms. The van der Waals surface area contributed by atoms with Crippen molar-refractivity contribution in [3.63, 3.8) is 0 Å². The Labute approximate surface area is 147 Å². The zero-order chi connectivity index (χ0) is 18.0. The third kappa shape index (κ3) is 3.38. The van der Waals surface area contributed by atoms with Crippen molar-refractivity contribution >= 4 is 23.3 Å². The summed E-state index contributed by atoms with van der Waals surface area (Å²) in [7, 11) is 0. The van der Waals surface area contributed by atoms with E-state index < -0.39 is 17.3 Å². The minimum absolute atomic E-state index is 0.0529. The summed E-state index contributed by atoms with van der Waals surface area (Å²) in [4.78, 5) is 40.4. The first-order chi connectivity index (χ1) is 11.9. The minimum atomic E-state index is -1.29. The van der Waals surface area contributed by atoms with E-state index in [0.717, 1.165) is 18.8 Å². The van der Waals surface area contributed by atoms with Crippen LogP contribution in [0, 0.1) is 11.3 Å². The number of hydrogen-bond acceptors (Lipinski definition) is 4. The predicted octanol–water partition coefficient (Wildman–Crippen LogP) is 1.80. The summed E-state index contributed by atoms with van der Waals surface area (Å²) < 4.78 is 0. The molecule has 2 atom stereocenters. The molecule has 1 heterocycles. The zero-order valence-corrected chi connectivity index (χ0v) is 14.5. The smallest absolute Gasteiger partial charge is 0.310 e. The van der Waals surface area contributed by atoms with Gasteiger partial charge in [-0.3, -0.25) is 14.4 Å². The van der Waals surface area contributed by atoms with Gasteiger partial charge in [0.25, 0.3) is 0 Å². The molecular weight excluding hydrogens is 320 g/mol. The number of aliphatic carboxylic acids is 1. The third-order valence-corrected chi connectivity index (χ3v) is 5.54. The number of benzene rings is 1. The van der Waals surface area contributed by atoms with Crippen LogP contribution in [0.3, 0.4) is 0 Å². The van der Waals surface area contributed by atoms with Crippen LogP contribution in [-0.2, 0) is 14.4 Å². The van der Waals surface area contributed by atoms with Gasteiger partial charge in [0.15, 0.2) is 0 Å². The second-order valence-corrected chi connectivity index (χ2v) is 7.18. The average Bonchev–Trinajstić information content (AvgIpc) is 2.62. The molecule has 1 aliphatic carbocycles. The second-order valence-electron chi connectivity index (χ2n) is 7.18. The lowest BCUT2D eigenvalue weighted by Crippen LogP contribution is -2.55. The first-order valence-electron chi connectivity index (χ1n) is 8.76. The Bertz CT molecular complexity index is 667. The summed E-state index contributed by atoms with van der Waals surface area (Å²) in [6.07, 6.45) is 0.575. The standard InChI is InChI=1S/C19H24N2O4/c1-19(18(24)25)13-15(22)7-8-16(19)17(23)21-11-9-20(10-12-21)14-5-3-2-4-6-14/h2-6,16H,7-13H2,1H3,(H,24,25)/t16-,19+/m1/s1. The maximum atomic E-state index is 13.0. The molecular formula is C19H24N2O4. The SMILES string of the molecule is C[C@]1(C(=O)O)CC(=O)CC[C@@H]1C(=O)N1CCN(c2ccccc2)CC1. The van der Waals surface area contributed by atoms with Crippen LogP contribution >= 0.6 is 0 Å². The lowest BCUT2D eigenvalue weighted by Gasteiger charge is -2.42. The fraction of sp³-hybridized carbons (Fsp3) is 0.526. The minimum Gasteiger partial charge on any atom is -0.481 e. The molecule has 1 saturated carbocycles. The molecule has 25 heavy (non-hydrogen) atoms. The largest absolute Gasteiger partial charge is 0.481 e. The molecule has 6 heteroatoms. The van der Waals surface area contributed by atoms with E-state index in [1.807, 2.05) is 30.3 Å². The molecule has 134 valence electrons. The van der Waals surface area contributed by atoms with Gasteiger partial charge in [0.05, 0.1) is 11.3 Å². The van der Waals surface area contributed by atoms with Crippen LogP contribution in [0.2, 0.25) is 0 Å². The van der Waals surface area contributed by atoms with Gasteiger partial charge in [-0.2, -0.15) is 0 Å². The first-order valence-corrected chi connectivity index (χ1v) is 8.76. The Hall–Kier alpha value is -2.37. The molecule has 1 N–H and O–H groups in total. The molecule has 1 aromatic carbocycles. The molecule has 3 rings (SSSR count). The van der Waals surface area contributed by atoms with Gasteiger partial charge in [-0.05, 0) is 25.5 Å². The molecule has 1 amide bonds. The van der Waals surface area contributed by atoms with Gasteiger partial charge >= 0.3 is 5.97 Å². The van der Waals surface area contributed by atoms with Crippen molar-refractivity contribution in [3.05, 3.63) is 30.3 Å². The van der Waals surface area contributed by atoms with Crippen molar-refractivity contribution in [1.29, 1.82) is 0 Å². The number of hydrogen-bond donors (Lipinski definition) is 1. The predicted molar refractivity (Wildman–Crippen MR) is 93.3 cm³/mol. The molecule has 1 aliphatic heterocycles. The number of para-hydroxylation sites is 1. The number of rotatable bonds is 3. The maximum Gasteiger partial charge on any atom is 0.310 e. The topological polar surface area (TPSA) is 77.9 Å². The Balaban J connectivity index is 1.67. The molecule has 0 aromatic heterocycles. The number of nitrogens with zero attached hydrogens (tertiary/aromatic N) is 2. The second kappa shape index (κ2) is 6.86. The zero-order valence-electron chi connectivity index (χ0n) is 14.5.